The molecule has 0 atom stereocenters. The SMILES string of the molecule is COc1cc(-c2cc(C)cc3c2n(C)c(=O)n3CC(=O)Nc2ccc(C)cc2)c(OC=O)cc1OCc1ncn[nH]1. The number of amides is 1. The number of anilines is 1. The maximum atomic E-state index is 13.4. The monoisotopic (exact) mass is 556 g/mol. The minimum Gasteiger partial charge on any atom is -0.493 e. The van der Waals surface area contributed by atoms with Crippen LogP contribution < -0.4 is 25.2 Å². The molecule has 2 aromatic heterocycles. The van der Waals surface area contributed by atoms with E-state index >= 15 is 0 Å². The number of carbonyl (C=O) groups excluding carboxylic acids is 2. The van der Waals surface area contributed by atoms with Gasteiger partial charge in [-0.05, 0) is 49.7 Å². The van der Waals surface area contributed by atoms with Crippen molar-refractivity contribution in [2.45, 2.75) is 27.0 Å². The van der Waals surface area contributed by atoms with E-state index in [0.29, 0.717) is 51.6 Å². The lowest BCUT2D eigenvalue weighted by atomic mass is 9.99. The number of hydrogen-bond donors (Lipinski definition) is 2. The number of hydrogen-bond acceptors (Lipinski definition) is 8. The van der Waals surface area contributed by atoms with E-state index in [2.05, 4.69) is 20.5 Å². The molecule has 0 fully saturated rings. The third-order valence-electron chi connectivity index (χ3n) is 6.58. The van der Waals surface area contributed by atoms with E-state index < -0.39 is 0 Å². The molecule has 0 aliphatic heterocycles. The molecule has 5 aromatic rings. The molecule has 5 rings (SSSR count). The van der Waals surface area contributed by atoms with E-state index in [1.807, 2.05) is 50.2 Å². The van der Waals surface area contributed by atoms with Gasteiger partial charge in [-0.3, -0.25) is 23.8 Å². The lowest BCUT2D eigenvalue weighted by molar-refractivity contribution is -0.120. The van der Waals surface area contributed by atoms with Gasteiger partial charge in [-0.15, -0.1) is 0 Å². The molecule has 12 heteroatoms. The standard InChI is InChI=1S/C29H28N6O6/c1-17-5-7-19(8-6-17)32-27(37)13-35-22-10-18(2)9-21(28(22)34(3)29(35)38)20-11-24(39-4)25(12-23(20)41-16-36)40-14-26-30-15-31-33-26/h5-12,15-16H,13-14H2,1-4H3,(H,32,37)(H,30,31,33). The van der Waals surface area contributed by atoms with Crippen molar-refractivity contribution in [2.24, 2.45) is 7.05 Å². The topological polar surface area (TPSA) is 142 Å². The van der Waals surface area contributed by atoms with Crippen LogP contribution in [0.15, 0.2) is 59.7 Å². The van der Waals surface area contributed by atoms with Crippen molar-refractivity contribution in [3.8, 4) is 28.4 Å². The Morgan fingerprint density at radius 1 is 1.02 bits per heavy atom. The quantitative estimate of drug-likeness (QED) is 0.249. The molecular formula is C29H28N6O6. The van der Waals surface area contributed by atoms with Gasteiger partial charge in [0, 0.05) is 29.9 Å². The van der Waals surface area contributed by atoms with Crippen LogP contribution in [-0.4, -0.2) is 43.8 Å². The number of fused-ring (bicyclic) bond motifs is 1. The van der Waals surface area contributed by atoms with Crippen LogP contribution in [0.5, 0.6) is 17.2 Å². The predicted molar refractivity (Wildman–Crippen MR) is 151 cm³/mol. The Bertz CT molecular complexity index is 1790. The Hall–Kier alpha value is -5.39. The molecule has 0 aliphatic carbocycles. The molecule has 3 aromatic carbocycles. The second-order valence-electron chi connectivity index (χ2n) is 9.46. The Kier molecular flexibility index (Phi) is 7.55. The number of H-pyrrole nitrogens is 1. The zero-order chi connectivity index (χ0) is 29.1. The summed E-state index contributed by atoms with van der Waals surface area (Å²) in [6.45, 7) is 4.04. The molecule has 0 saturated heterocycles. The van der Waals surface area contributed by atoms with Crippen LogP contribution in [0.2, 0.25) is 0 Å². The summed E-state index contributed by atoms with van der Waals surface area (Å²) in [5, 5.41) is 9.36. The number of imidazole rings is 1. The first kappa shape index (κ1) is 27.2. The Balaban J connectivity index is 1.58. The van der Waals surface area contributed by atoms with Crippen LogP contribution in [-0.2, 0) is 29.8 Å². The van der Waals surface area contributed by atoms with Gasteiger partial charge in [0.15, 0.2) is 17.3 Å². The van der Waals surface area contributed by atoms with Crippen molar-refractivity contribution in [3.05, 3.63) is 82.3 Å². The van der Waals surface area contributed by atoms with Gasteiger partial charge in [-0.1, -0.05) is 17.7 Å². The summed E-state index contributed by atoms with van der Waals surface area (Å²) in [4.78, 5) is 41.9. The zero-order valence-corrected chi connectivity index (χ0v) is 22.9. The summed E-state index contributed by atoms with van der Waals surface area (Å²) >= 11 is 0. The van der Waals surface area contributed by atoms with Gasteiger partial charge in [-0.25, -0.2) is 9.78 Å². The van der Waals surface area contributed by atoms with Gasteiger partial charge in [-0.2, -0.15) is 5.10 Å². The molecule has 1 amide bonds. The number of nitrogens with zero attached hydrogens (tertiary/aromatic N) is 4. The summed E-state index contributed by atoms with van der Waals surface area (Å²) in [5.74, 6) is 1.03. The summed E-state index contributed by atoms with van der Waals surface area (Å²) in [6, 6.07) is 14.3. The van der Waals surface area contributed by atoms with E-state index in [4.69, 9.17) is 14.2 Å². The summed E-state index contributed by atoms with van der Waals surface area (Å²) in [5.41, 5.74) is 4.36. The first-order chi connectivity index (χ1) is 19.8. The Morgan fingerprint density at radius 2 is 1.80 bits per heavy atom. The van der Waals surface area contributed by atoms with E-state index in [1.165, 1.54) is 28.6 Å². The van der Waals surface area contributed by atoms with Crippen LogP contribution in [0.25, 0.3) is 22.2 Å². The fraction of sp³-hybridized carbons (Fsp3) is 0.207. The highest BCUT2D eigenvalue weighted by atomic mass is 16.5. The molecule has 0 radical (unpaired) electrons. The lowest BCUT2D eigenvalue weighted by Gasteiger charge is -2.16. The van der Waals surface area contributed by atoms with Crippen LogP contribution in [0.3, 0.4) is 0 Å². The molecule has 0 bridgehead atoms. The molecule has 0 unspecified atom stereocenters. The van der Waals surface area contributed by atoms with Crippen LogP contribution in [0, 0.1) is 13.8 Å². The van der Waals surface area contributed by atoms with Crippen molar-refractivity contribution in [2.75, 3.05) is 12.4 Å². The fourth-order valence-electron chi connectivity index (χ4n) is 4.66. The highest BCUT2D eigenvalue weighted by Crippen LogP contribution is 2.43. The van der Waals surface area contributed by atoms with Crippen molar-refractivity contribution in [1.29, 1.82) is 0 Å². The van der Waals surface area contributed by atoms with Gasteiger partial charge in [0.2, 0.25) is 5.91 Å². The number of aryl methyl sites for hydroxylation is 3. The van der Waals surface area contributed by atoms with Crippen molar-refractivity contribution < 1.29 is 23.8 Å². The number of rotatable bonds is 10. The number of nitrogens with one attached hydrogen (secondary N) is 2. The molecule has 12 nitrogen and oxygen atoms in total. The Morgan fingerprint density at radius 3 is 2.49 bits per heavy atom. The Labute approximate surface area is 234 Å². The van der Waals surface area contributed by atoms with Crippen LogP contribution in [0.4, 0.5) is 5.69 Å². The highest BCUT2D eigenvalue weighted by Gasteiger charge is 2.22. The fourth-order valence-corrected chi connectivity index (χ4v) is 4.66. The first-order valence-electron chi connectivity index (χ1n) is 12.6. The van der Waals surface area contributed by atoms with Gasteiger partial charge in [0.1, 0.15) is 25.2 Å². The minimum atomic E-state index is -0.372. The molecule has 0 aliphatic rings. The van der Waals surface area contributed by atoms with E-state index in [-0.39, 0.29) is 30.5 Å². The summed E-state index contributed by atoms with van der Waals surface area (Å²) in [7, 11) is 3.12. The second-order valence-corrected chi connectivity index (χ2v) is 9.46. The van der Waals surface area contributed by atoms with Gasteiger partial charge in [0.05, 0.1) is 18.1 Å². The molecule has 2 N–H and O–H groups in total. The minimum absolute atomic E-state index is 0.0763. The molecule has 210 valence electrons. The van der Waals surface area contributed by atoms with E-state index in [9.17, 15) is 14.4 Å². The number of methoxy groups -OCH3 is 1. The van der Waals surface area contributed by atoms with Crippen LogP contribution in [0.1, 0.15) is 17.0 Å². The third-order valence-corrected chi connectivity index (χ3v) is 6.58. The first-order valence-corrected chi connectivity index (χ1v) is 12.6. The average molecular weight is 557 g/mol. The maximum Gasteiger partial charge on any atom is 0.329 e. The average Bonchev–Trinajstić information content (AvgIpc) is 3.56. The number of ether oxygens (including phenoxy) is 3. The smallest absolute Gasteiger partial charge is 0.329 e. The lowest BCUT2D eigenvalue weighted by Crippen LogP contribution is -2.28. The normalized spacial score (nSPS) is 10.9. The summed E-state index contributed by atoms with van der Waals surface area (Å²) < 4.78 is 19.7. The summed E-state index contributed by atoms with van der Waals surface area (Å²) in [6.07, 6.45) is 1.37. The number of carbonyl (C=O) groups is 2. The molecule has 41 heavy (non-hydrogen) atoms. The number of aromatic amines is 1. The molecular weight excluding hydrogens is 528 g/mol. The third kappa shape index (κ3) is 5.53. The van der Waals surface area contributed by atoms with E-state index in [0.717, 1.165) is 11.1 Å². The van der Waals surface area contributed by atoms with Crippen LogP contribution >= 0.6 is 0 Å². The molecule has 0 spiro atoms. The molecule has 2 heterocycles. The highest BCUT2D eigenvalue weighted by molar-refractivity contribution is 5.97. The number of benzene rings is 3. The second kappa shape index (κ2) is 11.4. The predicted octanol–water partition coefficient (Wildman–Crippen LogP) is 3.50. The van der Waals surface area contributed by atoms with Crippen molar-refractivity contribution >= 4 is 29.1 Å². The van der Waals surface area contributed by atoms with Gasteiger partial charge < -0.3 is 19.5 Å². The van der Waals surface area contributed by atoms with E-state index in [1.54, 1.807) is 13.1 Å². The number of aromatic nitrogens is 5. The zero-order valence-electron chi connectivity index (χ0n) is 22.9. The van der Waals surface area contributed by atoms with Gasteiger partial charge in [0.25, 0.3) is 6.47 Å². The van der Waals surface area contributed by atoms with Crippen molar-refractivity contribution in [1.82, 2.24) is 24.3 Å². The molecule has 0 saturated carbocycles. The van der Waals surface area contributed by atoms with Crippen molar-refractivity contribution in [3.63, 3.8) is 0 Å². The van der Waals surface area contributed by atoms with Gasteiger partial charge >= 0.3 is 5.69 Å². The largest absolute Gasteiger partial charge is 0.493 e. The maximum absolute atomic E-state index is 13.4.